The van der Waals surface area contributed by atoms with Gasteiger partial charge in [0, 0.05) is 6.54 Å². The molecule has 0 bridgehead atoms. The molecule has 0 spiro atoms. The zero-order chi connectivity index (χ0) is 10.8. The summed E-state index contributed by atoms with van der Waals surface area (Å²) < 4.78 is 35.2. The molecule has 1 atom stereocenters. The first-order chi connectivity index (χ1) is 6.39. The molecule has 1 fully saturated rings. The minimum absolute atomic E-state index is 0.0676. The molecule has 4 nitrogen and oxygen atoms in total. The van der Waals surface area contributed by atoms with Crippen LogP contribution < -0.4 is 0 Å². The average molecular weight is 213 g/mol. The summed E-state index contributed by atoms with van der Waals surface area (Å²) in [5.74, 6) is -2.24. The van der Waals surface area contributed by atoms with E-state index in [1.165, 1.54) is 0 Å². The molecule has 0 aromatic rings. The molecule has 0 amide bonds. The molecule has 82 valence electrons. The van der Waals surface area contributed by atoms with E-state index in [0.717, 1.165) is 5.06 Å². The molecule has 1 saturated heterocycles. The van der Waals surface area contributed by atoms with Crippen molar-refractivity contribution in [3.8, 4) is 0 Å². The van der Waals surface area contributed by atoms with Crippen LogP contribution in [0.25, 0.3) is 0 Å². The van der Waals surface area contributed by atoms with Crippen molar-refractivity contribution in [1.29, 1.82) is 0 Å². The lowest BCUT2D eigenvalue weighted by atomic mass is 10.1. The summed E-state index contributed by atoms with van der Waals surface area (Å²) in [7, 11) is 0. The van der Waals surface area contributed by atoms with Crippen molar-refractivity contribution >= 4 is 5.97 Å². The highest BCUT2D eigenvalue weighted by Crippen LogP contribution is 2.19. The van der Waals surface area contributed by atoms with Gasteiger partial charge in [0.15, 0.2) is 0 Å². The van der Waals surface area contributed by atoms with Crippen molar-refractivity contribution < 1.29 is 27.9 Å². The zero-order valence-electron chi connectivity index (χ0n) is 7.25. The van der Waals surface area contributed by atoms with Crippen LogP contribution in [0.5, 0.6) is 0 Å². The van der Waals surface area contributed by atoms with Crippen molar-refractivity contribution in [2.75, 3.05) is 13.1 Å². The molecule has 1 aliphatic rings. The Hall–Kier alpha value is -0.820. The molecule has 0 aliphatic carbocycles. The predicted octanol–water partition coefficient (Wildman–Crippen LogP) is 0.464. The van der Waals surface area contributed by atoms with E-state index >= 15 is 0 Å². The standard InChI is InChI=1S/C7H10F3NO3/c8-7(9,10)6(13)14-11-3-1-2-5(12)4-11/h5,12H,1-4H2. The zero-order valence-corrected chi connectivity index (χ0v) is 7.25. The normalized spacial score (nSPS) is 24.7. The SMILES string of the molecule is O=C(ON1CCCC(O)C1)C(F)(F)F. The van der Waals surface area contributed by atoms with Crippen LogP contribution in [-0.4, -0.2) is 41.5 Å². The van der Waals surface area contributed by atoms with Gasteiger partial charge in [-0.25, -0.2) is 4.79 Å². The van der Waals surface area contributed by atoms with Gasteiger partial charge in [-0.05, 0) is 12.8 Å². The van der Waals surface area contributed by atoms with Crippen molar-refractivity contribution in [1.82, 2.24) is 5.06 Å². The van der Waals surface area contributed by atoms with E-state index in [1.54, 1.807) is 0 Å². The van der Waals surface area contributed by atoms with Crippen molar-refractivity contribution in [3.05, 3.63) is 0 Å². The number of piperidine rings is 1. The van der Waals surface area contributed by atoms with Gasteiger partial charge in [0.25, 0.3) is 0 Å². The Balaban J connectivity index is 2.40. The average Bonchev–Trinajstić information content (AvgIpc) is 2.02. The Morgan fingerprint density at radius 2 is 2.14 bits per heavy atom. The molecule has 0 radical (unpaired) electrons. The van der Waals surface area contributed by atoms with Gasteiger partial charge in [0.05, 0.1) is 12.6 Å². The third-order valence-corrected chi connectivity index (χ3v) is 1.80. The fraction of sp³-hybridized carbons (Fsp3) is 0.857. The number of hydrogen-bond acceptors (Lipinski definition) is 4. The summed E-state index contributed by atoms with van der Waals surface area (Å²) in [5.41, 5.74) is 0. The Morgan fingerprint density at radius 3 is 2.64 bits per heavy atom. The molecule has 0 saturated carbocycles. The van der Waals surface area contributed by atoms with Crippen LogP contribution in [0, 0.1) is 0 Å². The topological polar surface area (TPSA) is 49.8 Å². The number of rotatable bonds is 1. The minimum Gasteiger partial charge on any atom is -0.392 e. The van der Waals surface area contributed by atoms with E-state index < -0.39 is 18.2 Å². The molecule has 7 heteroatoms. The second-order valence-corrected chi connectivity index (χ2v) is 3.06. The van der Waals surface area contributed by atoms with Gasteiger partial charge in [-0.2, -0.15) is 13.2 Å². The number of aliphatic hydroxyl groups excluding tert-OH is 1. The van der Waals surface area contributed by atoms with Crippen LogP contribution in [0.4, 0.5) is 13.2 Å². The lowest BCUT2D eigenvalue weighted by molar-refractivity contribution is -0.245. The van der Waals surface area contributed by atoms with E-state index in [-0.39, 0.29) is 13.1 Å². The van der Waals surface area contributed by atoms with Gasteiger partial charge < -0.3 is 9.94 Å². The van der Waals surface area contributed by atoms with Gasteiger partial charge in [-0.1, -0.05) is 0 Å². The number of aliphatic hydroxyl groups is 1. The summed E-state index contributed by atoms with van der Waals surface area (Å²) in [5, 5.41) is 9.92. The first-order valence-corrected chi connectivity index (χ1v) is 4.11. The van der Waals surface area contributed by atoms with E-state index in [9.17, 15) is 18.0 Å². The van der Waals surface area contributed by atoms with Gasteiger partial charge in [0.1, 0.15) is 0 Å². The molecule has 1 heterocycles. The second kappa shape index (κ2) is 4.14. The Labute approximate surface area is 78.2 Å². The number of hydrogen-bond donors (Lipinski definition) is 1. The molecule has 14 heavy (non-hydrogen) atoms. The van der Waals surface area contributed by atoms with E-state index in [2.05, 4.69) is 4.84 Å². The van der Waals surface area contributed by atoms with Crippen molar-refractivity contribution in [3.63, 3.8) is 0 Å². The smallest absolute Gasteiger partial charge is 0.392 e. The summed E-state index contributed by atoms with van der Waals surface area (Å²) >= 11 is 0. The predicted molar refractivity (Wildman–Crippen MR) is 39.0 cm³/mol. The van der Waals surface area contributed by atoms with E-state index in [4.69, 9.17) is 5.11 Å². The third kappa shape index (κ3) is 3.15. The monoisotopic (exact) mass is 213 g/mol. The van der Waals surface area contributed by atoms with Crippen molar-refractivity contribution in [2.24, 2.45) is 0 Å². The summed E-state index contributed by atoms with van der Waals surface area (Å²) in [6.07, 6.45) is -4.70. The number of hydroxylamine groups is 2. The van der Waals surface area contributed by atoms with Crippen LogP contribution in [-0.2, 0) is 9.63 Å². The molecule has 0 aromatic carbocycles. The fourth-order valence-electron chi connectivity index (χ4n) is 1.17. The Bertz CT molecular complexity index is 219. The third-order valence-electron chi connectivity index (χ3n) is 1.80. The number of halogens is 3. The summed E-state index contributed by atoms with van der Waals surface area (Å²) in [6, 6.07) is 0. The quantitative estimate of drug-likeness (QED) is 0.687. The Kier molecular flexibility index (Phi) is 3.33. The molecule has 1 aliphatic heterocycles. The first kappa shape index (κ1) is 11.3. The largest absolute Gasteiger partial charge is 0.492 e. The molecule has 1 rings (SSSR count). The molecule has 1 unspecified atom stereocenters. The van der Waals surface area contributed by atoms with Gasteiger partial charge >= 0.3 is 12.1 Å². The van der Waals surface area contributed by atoms with Gasteiger partial charge in [-0.3, -0.25) is 0 Å². The number of nitrogens with zero attached hydrogens (tertiary/aromatic N) is 1. The molecule has 1 N–H and O–H groups in total. The maximum Gasteiger partial charge on any atom is 0.492 e. The highest BCUT2D eigenvalue weighted by atomic mass is 19.4. The van der Waals surface area contributed by atoms with Gasteiger partial charge in [0.2, 0.25) is 0 Å². The summed E-state index contributed by atoms with van der Waals surface area (Å²) in [4.78, 5) is 14.4. The van der Waals surface area contributed by atoms with E-state index in [0.29, 0.717) is 12.8 Å². The van der Waals surface area contributed by atoms with Crippen LogP contribution in [0.15, 0.2) is 0 Å². The number of alkyl halides is 3. The van der Waals surface area contributed by atoms with Gasteiger partial charge in [-0.15, -0.1) is 5.06 Å². The first-order valence-electron chi connectivity index (χ1n) is 4.11. The summed E-state index contributed by atoms with van der Waals surface area (Å²) in [6.45, 7) is 0.153. The highest BCUT2D eigenvalue weighted by Gasteiger charge is 2.42. The molecule has 0 aromatic heterocycles. The van der Waals surface area contributed by atoms with Crippen LogP contribution >= 0.6 is 0 Å². The second-order valence-electron chi connectivity index (χ2n) is 3.06. The van der Waals surface area contributed by atoms with Crippen molar-refractivity contribution in [2.45, 2.75) is 25.1 Å². The number of β-amino-alcohol motifs (C(OH)–C–C–N with tert-alkyl or cyclic N) is 1. The number of carbonyl (C=O) groups is 1. The maximum atomic E-state index is 11.7. The molecular weight excluding hydrogens is 203 g/mol. The van der Waals surface area contributed by atoms with Crippen LogP contribution in [0.1, 0.15) is 12.8 Å². The lowest BCUT2D eigenvalue weighted by Crippen LogP contribution is -2.42. The fourth-order valence-corrected chi connectivity index (χ4v) is 1.17. The minimum atomic E-state index is -4.98. The lowest BCUT2D eigenvalue weighted by Gasteiger charge is -2.28. The Morgan fingerprint density at radius 1 is 1.50 bits per heavy atom. The highest BCUT2D eigenvalue weighted by molar-refractivity contribution is 5.75. The molecular formula is C7H10F3NO3. The van der Waals surface area contributed by atoms with Crippen LogP contribution in [0.2, 0.25) is 0 Å². The van der Waals surface area contributed by atoms with Crippen LogP contribution in [0.3, 0.4) is 0 Å². The van der Waals surface area contributed by atoms with E-state index in [1.807, 2.05) is 0 Å². The number of carbonyl (C=O) groups excluding carboxylic acids is 1. The maximum absolute atomic E-state index is 11.7.